The molecule has 2 heterocycles. The van der Waals surface area contributed by atoms with Crippen LogP contribution in [0.3, 0.4) is 0 Å². The molecule has 0 atom stereocenters. The van der Waals surface area contributed by atoms with Gasteiger partial charge in [0.1, 0.15) is 16.9 Å². The number of benzene rings is 1. The van der Waals surface area contributed by atoms with Crippen molar-refractivity contribution in [2.24, 2.45) is 0 Å². The number of hydrogen-bond donors (Lipinski definition) is 2. The van der Waals surface area contributed by atoms with Crippen molar-refractivity contribution in [1.82, 2.24) is 20.8 Å². The Morgan fingerprint density at radius 1 is 1.33 bits per heavy atom. The fourth-order valence-corrected chi connectivity index (χ4v) is 2.98. The first-order valence-corrected chi connectivity index (χ1v) is 7.99. The minimum absolute atomic E-state index is 0.266. The van der Waals surface area contributed by atoms with E-state index in [4.69, 9.17) is 8.94 Å². The summed E-state index contributed by atoms with van der Waals surface area (Å²) in [4.78, 5) is 16.5. The van der Waals surface area contributed by atoms with Gasteiger partial charge in [0.25, 0.3) is 0 Å². The van der Waals surface area contributed by atoms with Crippen LogP contribution in [0.15, 0.2) is 39.3 Å². The molecule has 2 N–H and O–H groups in total. The van der Waals surface area contributed by atoms with E-state index in [1.165, 1.54) is 0 Å². The van der Waals surface area contributed by atoms with E-state index in [1.807, 2.05) is 30.3 Å². The Morgan fingerprint density at radius 3 is 2.83 bits per heavy atom. The summed E-state index contributed by atoms with van der Waals surface area (Å²) in [5.74, 6) is 1.76. The first-order valence-electron chi connectivity index (χ1n) is 7.99. The molecule has 0 bridgehead atoms. The summed E-state index contributed by atoms with van der Waals surface area (Å²) in [6.45, 7) is 2.06. The third-order valence-corrected chi connectivity index (χ3v) is 4.42. The molecule has 0 aliphatic heterocycles. The first kappa shape index (κ1) is 14.7. The van der Waals surface area contributed by atoms with Gasteiger partial charge in [-0.25, -0.2) is 4.79 Å². The highest BCUT2D eigenvalue weighted by molar-refractivity contribution is 5.78. The molecule has 0 saturated heterocycles. The quantitative estimate of drug-likeness (QED) is 0.769. The van der Waals surface area contributed by atoms with Crippen molar-refractivity contribution in [3.05, 3.63) is 47.8 Å². The minimum atomic E-state index is -0.518. The highest BCUT2D eigenvalue weighted by Gasteiger charge is 2.44. The second kappa shape index (κ2) is 5.67. The molecule has 2 aromatic heterocycles. The standard InChI is InChI=1S/C17H18N4O3/c1-11-19-15(21-24-11)17(7-4-8-17)20-16(22)18-10-13-9-12-5-2-3-6-14(12)23-13/h2-3,5-6,9H,4,7-8,10H2,1H3,(H2,18,20,22). The number of rotatable bonds is 4. The van der Waals surface area contributed by atoms with E-state index in [2.05, 4.69) is 20.8 Å². The van der Waals surface area contributed by atoms with Gasteiger partial charge >= 0.3 is 6.03 Å². The molecule has 4 rings (SSSR count). The molecule has 3 aromatic rings. The van der Waals surface area contributed by atoms with Crippen LogP contribution in [0, 0.1) is 6.92 Å². The number of urea groups is 1. The maximum atomic E-state index is 12.3. The summed E-state index contributed by atoms with van der Waals surface area (Å²) >= 11 is 0. The largest absolute Gasteiger partial charge is 0.459 e. The molecule has 0 spiro atoms. The SMILES string of the molecule is Cc1nc(C2(NC(=O)NCc3cc4ccccc4o3)CCC2)no1. The fourth-order valence-electron chi connectivity index (χ4n) is 2.98. The van der Waals surface area contributed by atoms with Gasteiger partial charge in [-0.3, -0.25) is 0 Å². The molecule has 124 valence electrons. The second-order valence-corrected chi connectivity index (χ2v) is 6.13. The number of para-hydroxylation sites is 1. The summed E-state index contributed by atoms with van der Waals surface area (Å²) in [5, 5.41) is 10.8. The van der Waals surface area contributed by atoms with Crippen LogP contribution in [0.1, 0.15) is 36.7 Å². The molecule has 1 aromatic carbocycles. The van der Waals surface area contributed by atoms with Crippen molar-refractivity contribution < 1.29 is 13.7 Å². The van der Waals surface area contributed by atoms with Gasteiger partial charge in [0.2, 0.25) is 5.89 Å². The normalized spacial score (nSPS) is 15.9. The Morgan fingerprint density at radius 2 is 2.17 bits per heavy atom. The number of nitrogens with zero attached hydrogens (tertiary/aromatic N) is 2. The fraction of sp³-hybridized carbons (Fsp3) is 0.353. The topological polar surface area (TPSA) is 93.2 Å². The van der Waals surface area contributed by atoms with E-state index in [0.717, 1.165) is 30.2 Å². The molecule has 0 unspecified atom stereocenters. The molecule has 24 heavy (non-hydrogen) atoms. The Bertz CT molecular complexity index is 846. The van der Waals surface area contributed by atoms with Crippen molar-refractivity contribution in [3.63, 3.8) is 0 Å². The van der Waals surface area contributed by atoms with Crippen molar-refractivity contribution in [3.8, 4) is 0 Å². The molecular weight excluding hydrogens is 308 g/mol. The van der Waals surface area contributed by atoms with Gasteiger partial charge < -0.3 is 19.6 Å². The monoisotopic (exact) mass is 326 g/mol. The van der Waals surface area contributed by atoms with Crippen molar-refractivity contribution >= 4 is 17.0 Å². The molecule has 1 aliphatic carbocycles. The number of carbonyl (C=O) groups excluding carboxylic acids is 1. The van der Waals surface area contributed by atoms with E-state index in [-0.39, 0.29) is 6.03 Å². The molecular formula is C17H18N4O3. The molecule has 0 radical (unpaired) electrons. The maximum absolute atomic E-state index is 12.3. The maximum Gasteiger partial charge on any atom is 0.315 e. The van der Waals surface area contributed by atoms with Gasteiger partial charge in [-0.05, 0) is 31.4 Å². The zero-order valence-electron chi connectivity index (χ0n) is 13.3. The number of amides is 2. The molecule has 7 nitrogen and oxygen atoms in total. The van der Waals surface area contributed by atoms with Crippen LogP contribution in [0.25, 0.3) is 11.0 Å². The minimum Gasteiger partial charge on any atom is -0.459 e. The van der Waals surface area contributed by atoms with Crippen LogP contribution in [-0.4, -0.2) is 16.2 Å². The lowest BCUT2D eigenvalue weighted by atomic mass is 9.76. The van der Waals surface area contributed by atoms with Crippen LogP contribution in [0.5, 0.6) is 0 Å². The number of furan rings is 1. The number of fused-ring (bicyclic) bond motifs is 1. The van der Waals surface area contributed by atoms with Gasteiger partial charge in [0.15, 0.2) is 5.82 Å². The predicted octanol–water partition coefficient (Wildman–Crippen LogP) is 3.00. The van der Waals surface area contributed by atoms with Gasteiger partial charge in [-0.2, -0.15) is 4.98 Å². The van der Waals surface area contributed by atoms with Gasteiger partial charge in [-0.15, -0.1) is 0 Å². The van der Waals surface area contributed by atoms with E-state index in [1.54, 1.807) is 6.92 Å². The smallest absolute Gasteiger partial charge is 0.315 e. The van der Waals surface area contributed by atoms with Crippen molar-refractivity contribution in [1.29, 1.82) is 0 Å². The van der Waals surface area contributed by atoms with Gasteiger partial charge in [0, 0.05) is 12.3 Å². The molecule has 1 fully saturated rings. The van der Waals surface area contributed by atoms with E-state index in [0.29, 0.717) is 24.0 Å². The summed E-state index contributed by atoms with van der Waals surface area (Å²) in [6, 6.07) is 9.41. The Hall–Kier alpha value is -2.83. The molecule has 1 aliphatic rings. The van der Waals surface area contributed by atoms with Gasteiger partial charge in [0.05, 0.1) is 6.54 Å². The first-order chi connectivity index (χ1) is 11.6. The Labute approximate surface area is 138 Å². The predicted molar refractivity (Wildman–Crippen MR) is 86.1 cm³/mol. The molecule has 7 heteroatoms. The van der Waals surface area contributed by atoms with Crippen molar-refractivity contribution in [2.75, 3.05) is 0 Å². The Kier molecular flexibility index (Phi) is 3.48. The third kappa shape index (κ3) is 2.62. The number of aryl methyl sites for hydroxylation is 1. The van der Waals surface area contributed by atoms with Crippen LogP contribution < -0.4 is 10.6 Å². The van der Waals surface area contributed by atoms with Crippen LogP contribution in [-0.2, 0) is 12.1 Å². The van der Waals surface area contributed by atoms with E-state index < -0.39 is 5.54 Å². The van der Waals surface area contributed by atoms with Crippen molar-refractivity contribution in [2.45, 2.75) is 38.3 Å². The lowest BCUT2D eigenvalue weighted by molar-refractivity contribution is 0.164. The highest BCUT2D eigenvalue weighted by atomic mass is 16.5. The summed E-state index contributed by atoms with van der Waals surface area (Å²) < 4.78 is 10.7. The van der Waals surface area contributed by atoms with E-state index >= 15 is 0 Å². The number of nitrogens with one attached hydrogen (secondary N) is 2. The van der Waals surface area contributed by atoms with Crippen LogP contribution in [0.2, 0.25) is 0 Å². The zero-order valence-corrected chi connectivity index (χ0v) is 13.3. The average Bonchev–Trinajstić information content (AvgIpc) is 3.14. The third-order valence-electron chi connectivity index (χ3n) is 4.42. The lowest BCUT2D eigenvalue weighted by Crippen LogP contribution is -2.54. The number of hydrogen-bond acceptors (Lipinski definition) is 5. The second-order valence-electron chi connectivity index (χ2n) is 6.13. The zero-order chi connectivity index (χ0) is 16.6. The number of carbonyl (C=O) groups is 1. The Balaban J connectivity index is 1.41. The number of aromatic nitrogens is 2. The van der Waals surface area contributed by atoms with E-state index in [9.17, 15) is 4.79 Å². The lowest BCUT2D eigenvalue weighted by Gasteiger charge is -2.39. The van der Waals surface area contributed by atoms with Gasteiger partial charge in [-0.1, -0.05) is 23.4 Å². The van der Waals surface area contributed by atoms with Crippen LogP contribution in [0.4, 0.5) is 4.79 Å². The highest BCUT2D eigenvalue weighted by Crippen LogP contribution is 2.39. The average molecular weight is 326 g/mol. The molecule has 2 amide bonds. The van der Waals surface area contributed by atoms with Crippen LogP contribution >= 0.6 is 0 Å². The summed E-state index contributed by atoms with van der Waals surface area (Å²) in [6.07, 6.45) is 2.64. The summed E-state index contributed by atoms with van der Waals surface area (Å²) in [5.41, 5.74) is 0.294. The molecule has 1 saturated carbocycles. The summed E-state index contributed by atoms with van der Waals surface area (Å²) in [7, 11) is 0.